The summed E-state index contributed by atoms with van der Waals surface area (Å²) < 4.78 is 4.65. The highest BCUT2D eigenvalue weighted by molar-refractivity contribution is 6.01. The first-order chi connectivity index (χ1) is 9.95. The molecule has 0 bridgehead atoms. The Hall–Kier alpha value is -2.41. The molecular formula is C14H18N2O5. The third-order valence-corrected chi connectivity index (χ3v) is 2.74. The van der Waals surface area contributed by atoms with Crippen LogP contribution in [-0.4, -0.2) is 35.6 Å². The first kappa shape index (κ1) is 16.6. The van der Waals surface area contributed by atoms with Crippen molar-refractivity contribution in [2.24, 2.45) is 5.73 Å². The van der Waals surface area contributed by atoms with Gasteiger partial charge in [0.25, 0.3) is 0 Å². The number of rotatable bonds is 7. The Bertz CT molecular complexity index is 530. The van der Waals surface area contributed by atoms with E-state index >= 15 is 0 Å². The average Bonchev–Trinajstić information content (AvgIpc) is 2.44. The van der Waals surface area contributed by atoms with Crippen LogP contribution in [0.15, 0.2) is 24.3 Å². The number of amides is 1. The number of esters is 1. The second-order valence-electron chi connectivity index (χ2n) is 4.29. The maximum Gasteiger partial charge on any atom is 0.332 e. The first-order valence-electron chi connectivity index (χ1n) is 6.44. The van der Waals surface area contributed by atoms with Crippen molar-refractivity contribution in [3.8, 4) is 0 Å². The SMILES string of the molecule is CCOC(=O)C(N)C(=O)NCc1ccccc1CC(=O)O. The van der Waals surface area contributed by atoms with Gasteiger partial charge in [-0.1, -0.05) is 24.3 Å². The van der Waals surface area contributed by atoms with E-state index in [1.54, 1.807) is 31.2 Å². The molecule has 4 N–H and O–H groups in total. The molecule has 0 fully saturated rings. The number of nitrogens with one attached hydrogen (secondary N) is 1. The van der Waals surface area contributed by atoms with Crippen molar-refractivity contribution in [3.05, 3.63) is 35.4 Å². The Labute approximate surface area is 122 Å². The van der Waals surface area contributed by atoms with Gasteiger partial charge in [0, 0.05) is 6.54 Å². The molecule has 0 spiro atoms. The highest BCUT2D eigenvalue weighted by Crippen LogP contribution is 2.09. The van der Waals surface area contributed by atoms with E-state index in [9.17, 15) is 14.4 Å². The Kier molecular flexibility index (Phi) is 6.35. The second kappa shape index (κ2) is 8.01. The van der Waals surface area contributed by atoms with Crippen LogP contribution in [-0.2, 0) is 32.1 Å². The summed E-state index contributed by atoms with van der Waals surface area (Å²) in [5, 5.41) is 11.3. The summed E-state index contributed by atoms with van der Waals surface area (Å²) in [6.45, 7) is 1.85. The lowest BCUT2D eigenvalue weighted by molar-refractivity contribution is -0.148. The summed E-state index contributed by atoms with van der Waals surface area (Å²) in [4.78, 5) is 33.8. The molecule has 1 rings (SSSR count). The quantitative estimate of drug-likeness (QED) is 0.474. The Morgan fingerprint density at radius 2 is 1.90 bits per heavy atom. The van der Waals surface area contributed by atoms with Crippen LogP contribution >= 0.6 is 0 Å². The van der Waals surface area contributed by atoms with E-state index in [1.165, 1.54) is 0 Å². The smallest absolute Gasteiger partial charge is 0.332 e. The van der Waals surface area contributed by atoms with Crippen LogP contribution in [0, 0.1) is 0 Å². The van der Waals surface area contributed by atoms with Crippen molar-refractivity contribution >= 4 is 17.8 Å². The summed E-state index contributed by atoms with van der Waals surface area (Å²) in [5.74, 6) is -2.43. The van der Waals surface area contributed by atoms with Crippen LogP contribution in [0.3, 0.4) is 0 Å². The van der Waals surface area contributed by atoms with E-state index in [4.69, 9.17) is 10.8 Å². The molecule has 21 heavy (non-hydrogen) atoms. The van der Waals surface area contributed by atoms with E-state index in [2.05, 4.69) is 10.1 Å². The molecule has 1 aromatic carbocycles. The molecule has 0 saturated heterocycles. The molecular weight excluding hydrogens is 276 g/mol. The van der Waals surface area contributed by atoms with E-state index in [1.807, 2.05) is 0 Å². The molecule has 1 unspecified atom stereocenters. The molecule has 0 aliphatic heterocycles. The van der Waals surface area contributed by atoms with Crippen LogP contribution in [0.2, 0.25) is 0 Å². The topological polar surface area (TPSA) is 119 Å². The minimum atomic E-state index is -1.39. The van der Waals surface area contributed by atoms with Crippen molar-refractivity contribution in [2.75, 3.05) is 6.61 Å². The standard InChI is InChI=1S/C14H18N2O5/c1-2-21-14(20)12(15)13(19)16-8-10-6-4-3-5-9(10)7-11(17)18/h3-6,12H,2,7-8,15H2,1H3,(H,16,19)(H,17,18). The maximum atomic E-state index is 11.7. The highest BCUT2D eigenvalue weighted by atomic mass is 16.5. The van der Waals surface area contributed by atoms with Gasteiger partial charge in [0.05, 0.1) is 13.0 Å². The summed E-state index contributed by atoms with van der Waals surface area (Å²) in [7, 11) is 0. The number of aliphatic carboxylic acids is 1. The number of carboxylic acids is 1. The fourth-order valence-electron chi connectivity index (χ4n) is 1.70. The van der Waals surface area contributed by atoms with Crippen molar-refractivity contribution in [1.29, 1.82) is 0 Å². The normalized spacial score (nSPS) is 11.5. The summed E-state index contributed by atoms with van der Waals surface area (Å²) >= 11 is 0. The number of carboxylic acid groups (broad SMARTS) is 1. The minimum absolute atomic E-state index is 0.0927. The van der Waals surface area contributed by atoms with Crippen molar-refractivity contribution in [1.82, 2.24) is 5.32 Å². The van der Waals surface area contributed by atoms with Crippen LogP contribution in [0.4, 0.5) is 0 Å². The number of ether oxygens (including phenoxy) is 1. The van der Waals surface area contributed by atoms with Crippen LogP contribution in [0.1, 0.15) is 18.1 Å². The number of carbonyl (C=O) groups is 3. The summed E-state index contributed by atoms with van der Waals surface area (Å²) in [6, 6.07) is 5.43. The molecule has 0 aliphatic rings. The van der Waals surface area contributed by atoms with Crippen molar-refractivity contribution in [2.45, 2.75) is 25.9 Å². The lowest BCUT2D eigenvalue weighted by Crippen LogP contribution is -2.46. The van der Waals surface area contributed by atoms with Gasteiger partial charge in [0.15, 0.2) is 6.04 Å². The molecule has 1 aromatic rings. The van der Waals surface area contributed by atoms with Gasteiger partial charge in [0.2, 0.25) is 5.91 Å². The molecule has 1 amide bonds. The zero-order chi connectivity index (χ0) is 15.8. The predicted molar refractivity (Wildman–Crippen MR) is 74.2 cm³/mol. The largest absolute Gasteiger partial charge is 0.481 e. The van der Waals surface area contributed by atoms with Gasteiger partial charge in [-0.3, -0.25) is 9.59 Å². The van der Waals surface area contributed by atoms with Gasteiger partial charge in [0.1, 0.15) is 0 Å². The number of carbonyl (C=O) groups excluding carboxylic acids is 2. The molecule has 0 radical (unpaired) electrons. The number of benzene rings is 1. The lowest BCUT2D eigenvalue weighted by Gasteiger charge is -2.12. The maximum absolute atomic E-state index is 11.7. The fourth-order valence-corrected chi connectivity index (χ4v) is 1.70. The summed E-state index contributed by atoms with van der Waals surface area (Å²) in [6.07, 6.45) is -0.143. The fraction of sp³-hybridized carbons (Fsp3) is 0.357. The zero-order valence-electron chi connectivity index (χ0n) is 11.7. The molecule has 114 valence electrons. The zero-order valence-corrected chi connectivity index (χ0v) is 11.7. The van der Waals surface area contributed by atoms with Crippen LogP contribution < -0.4 is 11.1 Å². The first-order valence-corrected chi connectivity index (χ1v) is 6.44. The summed E-state index contributed by atoms with van der Waals surface area (Å²) in [5.41, 5.74) is 6.70. The van der Waals surface area contributed by atoms with Gasteiger partial charge in [-0.25, -0.2) is 4.79 Å². The lowest BCUT2D eigenvalue weighted by atomic mass is 10.0. The second-order valence-corrected chi connectivity index (χ2v) is 4.29. The highest BCUT2D eigenvalue weighted by Gasteiger charge is 2.23. The van der Waals surface area contributed by atoms with E-state index in [0.29, 0.717) is 11.1 Å². The third-order valence-electron chi connectivity index (χ3n) is 2.74. The third kappa shape index (κ3) is 5.23. The van der Waals surface area contributed by atoms with Gasteiger partial charge in [-0.05, 0) is 18.1 Å². The number of hydrogen-bond acceptors (Lipinski definition) is 5. The van der Waals surface area contributed by atoms with Gasteiger partial charge in [-0.2, -0.15) is 0 Å². The van der Waals surface area contributed by atoms with Gasteiger partial charge >= 0.3 is 11.9 Å². The molecule has 1 atom stereocenters. The Morgan fingerprint density at radius 1 is 1.29 bits per heavy atom. The number of nitrogens with two attached hydrogens (primary N) is 1. The molecule has 0 saturated carbocycles. The minimum Gasteiger partial charge on any atom is -0.481 e. The van der Waals surface area contributed by atoms with Crippen LogP contribution in [0.25, 0.3) is 0 Å². The molecule has 0 heterocycles. The van der Waals surface area contributed by atoms with Crippen LogP contribution in [0.5, 0.6) is 0 Å². The van der Waals surface area contributed by atoms with E-state index < -0.39 is 23.9 Å². The average molecular weight is 294 g/mol. The van der Waals surface area contributed by atoms with Crippen molar-refractivity contribution < 1.29 is 24.2 Å². The van der Waals surface area contributed by atoms with Gasteiger partial charge < -0.3 is 20.9 Å². The molecule has 0 aliphatic carbocycles. The molecule has 0 aromatic heterocycles. The number of hydrogen-bond donors (Lipinski definition) is 3. The van der Waals surface area contributed by atoms with Gasteiger partial charge in [-0.15, -0.1) is 0 Å². The Morgan fingerprint density at radius 3 is 2.48 bits per heavy atom. The van der Waals surface area contributed by atoms with E-state index in [-0.39, 0.29) is 19.6 Å². The van der Waals surface area contributed by atoms with E-state index in [0.717, 1.165) is 0 Å². The predicted octanol–water partition coefficient (Wildman–Crippen LogP) is -0.180. The Balaban J connectivity index is 2.64. The molecule has 7 heteroatoms. The van der Waals surface area contributed by atoms with Crippen molar-refractivity contribution in [3.63, 3.8) is 0 Å². The molecule has 7 nitrogen and oxygen atoms in total. The monoisotopic (exact) mass is 294 g/mol.